The lowest BCUT2D eigenvalue weighted by Gasteiger charge is -2.20. The number of aliphatic hydroxyl groups excluding tert-OH is 1. The number of rotatable bonds is 15. The summed E-state index contributed by atoms with van der Waals surface area (Å²) in [6.07, 6.45) is 4.36. The SMILES string of the molecule is CS(=O)(=O)N(CCCCCCC(=O)O)CCCC(O)COc1ccc2c(c1)OCO2. The Labute approximate surface area is 177 Å². The summed E-state index contributed by atoms with van der Waals surface area (Å²) in [6, 6.07) is 5.19. The van der Waals surface area contributed by atoms with Crippen LogP contribution < -0.4 is 14.2 Å². The summed E-state index contributed by atoms with van der Waals surface area (Å²) in [5.41, 5.74) is 0. The number of fused-ring (bicyclic) bond motifs is 1. The average Bonchev–Trinajstić information content (AvgIpc) is 3.14. The number of carboxylic acid groups (broad SMARTS) is 1. The molecule has 170 valence electrons. The standard InChI is InChI=1S/C20H31NO8S/c1-30(25,26)21(11-5-3-2-4-8-20(23)24)12-6-7-16(22)14-27-17-9-10-18-19(13-17)29-15-28-18/h9-10,13,16,22H,2-8,11-12,14-15H2,1H3,(H,23,24). The van der Waals surface area contributed by atoms with Crippen LogP contribution in [-0.2, 0) is 14.8 Å². The van der Waals surface area contributed by atoms with Crippen molar-refractivity contribution in [3.8, 4) is 17.2 Å². The normalized spacial score (nSPS) is 14.1. The van der Waals surface area contributed by atoms with Crippen molar-refractivity contribution < 1.29 is 37.6 Å². The highest BCUT2D eigenvalue weighted by molar-refractivity contribution is 7.88. The number of unbranched alkanes of at least 4 members (excludes halogenated alkanes) is 3. The van der Waals surface area contributed by atoms with Gasteiger partial charge in [0, 0.05) is 25.6 Å². The summed E-state index contributed by atoms with van der Waals surface area (Å²) in [6.45, 7) is 1.01. The molecule has 10 heteroatoms. The van der Waals surface area contributed by atoms with E-state index in [0.29, 0.717) is 56.0 Å². The van der Waals surface area contributed by atoms with Crippen LogP contribution in [0.5, 0.6) is 17.2 Å². The van der Waals surface area contributed by atoms with Gasteiger partial charge in [-0.15, -0.1) is 0 Å². The number of aliphatic hydroxyl groups is 1. The van der Waals surface area contributed by atoms with E-state index in [-0.39, 0.29) is 19.8 Å². The molecule has 1 aliphatic rings. The third-order valence-corrected chi connectivity index (χ3v) is 6.05. The molecule has 0 aliphatic carbocycles. The van der Waals surface area contributed by atoms with E-state index < -0.39 is 22.1 Å². The molecule has 1 heterocycles. The van der Waals surface area contributed by atoms with Crippen LogP contribution in [-0.4, -0.2) is 67.8 Å². The molecule has 0 aromatic heterocycles. The Balaban J connectivity index is 1.65. The summed E-state index contributed by atoms with van der Waals surface area (Å²) in [5.74, 6) is 1.02. The third kappa shape index (κ3) is 8.76. The number of nitrogens with zero attached hydrogens (tertiary/aromatic N) is 1. The van der Waals surface area contributed by atoms with E-state index in [9.17, 15) is 18.3 Å². The van der Waals surface area contributed by atoms with E-state index in [0.717, 1.165) is 12.8 Å². The molecule has 30 heavy (non-hydrogen) atoms. The first-order valence-electron chi connectivity index (χ1n) is 10.1. The second-order valence-electron chi connectivity index (χ2n) is 7.34. The van der Waals surface area contributed by atoms with Crippen LogP contribution in [0.4, 0.5) is 0 Å². The monoisotopic (exact) mass is 445 g/mol. The highest BCUT2D eigenvalue weighted by atomic mass is 32.2. The highest BCUT2D eigenvalue weighted by Gasteiger charge is 2.17. The predicted molar refractivity (Wildman–Crippen MR) is 110 cm³/mol. The molecule has 1 aromatic rings. The minimum absolute atomic E-state index is 0.0993. The van der Waals surface area contributed by atoms with Crippen molar-refractivity contribution in [1.29, 1.82) is 0 Å². The van der Waals surface area contributed by atoms with Gasteiger partial charge in [0.2, 0.25) is 16.8 Å². The van der Waals surface area contributed by atoms with E-state index in [1.165, 1.54) is 10.6 Å². The van der Waals surface area contributed by atoms with Gasteiger partial charge in [0.1, 0.15) is 12.4 Å². The largest absolute Gasteiger partial charge is 0.491 e. The summed E-state index contributed by atoms with van der Waals surface area (Å²) < 4.78 is 41.4. The van der Waals surface area contributed by atoms with Crippen LogP contribution in [0.1, 0.15) is 44.9 Å². The zero-order chi connectivity index (χ0) is 22.0. The Morgan fingerprint density at radius 1 is 1.13 bits per heavy atom. The molecule has 0 amide bonds. The molecule has 1 unspecified atom stereocenters. The number of carboxylic acids is 1. The molecule has 0 radical (unpaired) electrons. The van der Waals surface area contributed by atoms with Crippen LogP contribution in [0.25, 0.3) is 0 Å². The first-order valence-corrected chi connectivity index (χ1v) is 12.0. The van der Waals surface area contributed by atoms with E-state index in [1.807, 2.05) is 0 Å². The Kier molecular flexibility index (Phi) is 9.67. The summed E-state index contributed by atoms with van der Waals surface area (Å²) >= 11 is 0. The van der Waals surface area contributed by atoms with E-state index in [1.54, 1.807) is 18.2 Å². The van der Waals surface area contributed by atoms with Crippen molar-refractivity contribution >= 4 is 16.0 Å². The van der Waals surface area contributed by atoms with Crippen LogP contribution in [0.15, 0.2) is 18.2 Å². The maximum atomic E-state index is 12.0. The molecular formula is C20H31NO8S. The zero-order valence-corrected chi connectivity index (χ0v) is 18.1. The lowest BCUT2D eigenvalue weighted by atomic mass is 10.1. The first kappa shape index (κ1) is 24.2. The van der Waals surface area contributed by atoms with Gasteiger partial charge in [0.25, 0.3) is 0 Å². The van der Waals surface area contributed by atoms with Gasteiger partial charge in [-0.1, -0.05) is 12.8 Å². The van der Waals surface area contributed by atoms with Crippen molar-refractivity contribution in [2.24, 2.45) is 0 Å². The number of hydrogen-bond donors (Lipinski definition) is 2. The Bertz CT molecular complexity index is 783. The number of aliphatic carboxylic acids is 1. The van der Waals surface area contributed by atoms with Gasteiger partial charge in [-0.25, -0.2) is 12.7 Å². The minimum Gasteiger partial charge on any atom is -0.491 e. The maximum absolute atomic E-state index is 12.0. The molecule has 2 N–H and O–H groups in total. The molecule has 1 aliphatic heterocycles. The fourth-order valence-corrected chi connectivity index (χ4v) is 4.03. The van der Waals surface area contributed by atoms with Gasteiger partial charge in [-0.05, 0) is 37.8 Å². The Morgan fingerprint density at radius 2 is 1.83 bits per heavy atom. The van der Waals surface area contributed by atoms with E-state index in [4.69, 9.17) is 19.3 Å². The highest BCUT2D eigenvalue weighted by Crippen LogP contribution is 2.35. The molecule has 0 fully saturated rings. The van der Waals surface area contributed by atoms with E-state index in [2.05, 4.69) is 0 Å². The quantitative estimate of drug-likeness (QED) is 0.394. The Morgan fingerprint density at radius 3 is 2.57 bits per heavy atom. The zero-order valence-electron chi connectivity index (χ0n) is 17.3. The first-order chi connectivity index (χ1) is 14.3. The minimum atomic E-state index is -3.33. The van der Waals surface area contributed by atoms with Crippen molar-refractivity contribution in [1.82, 2.24) is 4.31 Å². The van der Waals surface area contributed by atoms with Crippen molar-refractivity contribution in [2.45, 2.75) is 51.0 Å². The number of carbonyl (C=O) groups is 1. The van der Waals surface area contributed by atoms with Crippen LogP contribution >= 0.6 is 0 Å². The van der Waals surface area contributed by atoms with Gasteiger partial charge in [-0.3, -0.25) is 4.79 Å². The van der Waals surface area contributed by atoms with Crippen LogP contribution in [0.3, 0.4) is 0 Å². The molecule has 2 rings (SSSR count). The van der Waals surface area contributed by atoms with Crippen LogP contribution in [0.2, 0.25) is 0 Å². The molecule has 0 spiro atoms. The second kappa shape index (κ2) is 12.0. The van der Waals surface area contributed by atoms with Crippen molar-refractivity contribution in [3.63, 3.8) is 0 Å². The van der Waals surface area contributed by atoms with E-state index >= 15 is 0 Å². The fraction of sp³-hybridized carbons (Fsp3) is 0.650. The van der Waals surface area contributed by atoms with Gasteiger partial charge in [0.15, 0.2) is 11.5 Å². The Hall–Kier alpha value is -2.04. The van der Waals surface area contributed by atoms with Crippen molar-refractivity contribution in [3.05, 3.63) is 18.2 Å². The lowest BCUT2D eigenvalue weighted by molar-refractivity contribution is -0.137. The number of hydrogen-bond acceptors (Lipinski definition) is 7. The molecule has 9 nitrogen and oxygen atoms in total. The fourth-order valence-electron chi connectivity index (χ4n) is 3.11. The molecule has 1 aromatic carbocycles. The molecule has 0 saturated heterocycles. The maximum Gasteiger partial charge on any atom is 0.303 e. The van der Waals surface area contributed by atoms with Crippen molar-refractivity contribution in [2.75, 3.05) is 32.7 Å². The van der Waals surface area contributed by atoms with Gasteiger partial charge in [-0.2, -0.15) is 0 Å². The number of sulfonamides is 1. The number of ether oxygens (including phenoxy) is 3. The van der Waals surface area contributed by atoms with Gasteiger partial charge < -0.3 is 24.4 Å². The second-order valence-corrected chi connectivity index (χ2v) is 9.32. The lowest BCUT2D eigenvalue weighted by Crippen LogP contribution is -2.32. The summed E-state index contributed by atoms with van der Waals surface area (Å²) in [5, 5.41) is 18.8. The topological polar surface area (TPSA) is 123 Å². The number of benzene rings is 1. The predicted octanol–water partition coefficient (Wildman–Crippen LogP) is 2.23. The van der Waals surface area contributed by atoms with Gasteiger partial charge in [0.05, 0.1) is 12.4 Å². The molecule has 1 atom stereocenters. The van der Waals surface area contributed by atoms with Crippen LogP contribution in [0, 0.1) is 0 Å². The smallest absolute Gasteiger partial charge is 0.303 e. The third-order valence-electron chi connectivity index (χ3n) is 4.75. The summed E-state index contributed by atoms with van der Waals surface area (Å²) in [4.78, 5) is 10.5. The average molecular weight is 446 g/mol. The molecule has 0 bridgehead atoms. The molecule has 0 saturated carbocycles. The molecular weight excluding hydrogens is 414 g/mol. The van der Waals surface area contributed by atoms with Gasteiger partial charge >= 0.3 is 5.97 Å². The summed E-state index contributed by atoms with van der Waals surface area (Å²) in [7, 11) is -3.33.